The van der Waals surface area contributed by atoms with Gasteiger partial charge in [0.1, 0.15) is 22.8 Å². The molecule has 1 amide bonds. The standard InChI is InChI=1S/C34H40BN3O10/c1-18-8-10-19(11-9-18)35-47-14-12-38(13-15-48-35)17-36-32(44)26-29(41)27(37(3)4)22-16-21-25(30(42)34(22,46)31(26)43)28(40)24-20(33(21,2)45)6-5-7-23(24)39/h5-11,21-22,27,39-40,43,45-46H,12-17H2,1-4H3,(H,36,44). The summed E-state index contributed by atoms with van der Waals surface area (Å²) in [7, 11) is 2.56. The van der Waals surface area contributed by atoms with E-state index in [-0.39, 0.29) is 37.4 Å². The van der Waals surface area contributed by atoms with E-state index < -0.39 is 82.1 Å². The molecule has 2 aromatic carbocycles. The number of rotatable bonds is 5. The summed E-state index contributed by atoms with van der Waals surface area (Å²) in [6.45, 7) is 4.75. The SMILES string of the molecule is Cc1ccc(B2OCCN(CNC(=O)C3=C(O)C4(O)C(=O)C5=C(O)c6c(O)cccc6C(C)(O)C5CC4C(N(C)C)C3=O)CCO2)cc1. The number of likely N-dealkylation sites (N-methyl/N-ethyl adjacent to an activating group) is 1. The Morgan fingerprint density at radius 3 is 2.31 bits per heavy atom. The van der Waals surface area contributed by atoms with E-state index in [1.807, 2.05) is 36.1 Å². The number of phenolic OH excluding ortho intramolecular Hbond substituents is 1. The summed E-state index contributed by atoms with van der Waals surface area (Å²) >= 11 is 0. The van der Waals surface area contributed by atoms with Crippen LogP contribution >= 0.6 is 0 Å². The van der Waals surface area contributed by atoms with Crippen LogP contribution in [0.5, 0.6) is 5.75 Å². The molecule has 6 rings (SSSR count). The van der Waals surface area contributed by atoms with Crippen molar-refractivity contribution in [2.45, 2.75) is 37.5 Å². The summed E-state index contributed by atoms with van der Waals surface area (Å²) in [6, 6.07) is 10.9. The first kappa shape index (κ1) is 33.8. The number of aromatic hydroxyl groups is 1. The fourth-order valence-corrected chi connectivity index (χ4v) is 7.57. The van der Waals surface area contributed by atoms with Crippen LogP contribution in [0.2, 0.25) is 0 Å². The number of ketones is 2. The van der Waals surface area contributed by atoms with E-state index in [1.165, 1.54) is 30.0 Å². The molecule has 1 saturated heterocycles. The molecule has 1 heterocycles. The number of aryl methyl sites for hydroxylation is 1. The number of carbonyl (C=O) groups excluding carboxylic acids is 3. The summed E-state index contributed by atoms with van der Waals surface area (Å²) in [6.07, 6.45) is -0.214. The number of nitrogens with one attached hydrogen (secondary N) is 1. The lowest BCUT2D eigenvalue weighted by Crippen LogP contribution is -2.67. The molecule has 0 spiro atoms. The maximum atomic E-state index is 14.3. The van der Waals surface area contributed by atoms with Crippen molar-refractivity contribution in [3.63, 3.8) is 0 Å². The van der Waals surface area contributed by atoms with Gasteiger partial charge in [-0.1, -0.05) is 42.0 Å². The average molecular weight is 662 g/mol. The largest absolute Gasteiger partial charge is 0.508 e. The predicted octanol–water partition coefficient (Wildman–Crippen LogP) is 0.270. The van der Waals surface area contributed by atoms with Crippen LogP contribution in [0.25, 0.3) is 5.76 Å². The fourth-order valence-electron chi connectivity index (χ4n) is 7.57. The van der Waals surface area contributed by atoms with Gasteiger partial charge in [-0.2, -0.15) is 0 Å². The number of phenols is 1. The smallest absolute Gasteiger partial charge is 0.493 e. The first-order valence-electron chi connectivity index (χ1n) is 15.9. The molecule has 0 radical (unpaired) electrons. The number of hydrogen-bond acceptors (Lipinski definition) is 12. The number of amides is 1. The maximum absolute atomic E-state index is 14.3. The van der Waals surface area contributed by atoms with Crippen molar-refractivity contribution < 1.29 is 49.2 Å². The minimum Gasteiger partial charge on any atom is -0.508 e. The highest BCUT2D eigenvalue weighted by Gasteiger charge is 2.66. The molecule has 14 heteroatoms. The van der Waals surface area contributed by atoms with E-state index in [2.05, 4.69) is 5.32 Å². The summed E-state index contributed by atoms with van der Waals surface area (Å²) < 4.78 is 11.8. The molecule has 1 aliphatic heterocycles. The summed E-state index contributed by atoms with van der Waals surface area (Å²) in [5.74, 6) is -7.54. The van der Waals surface area contributed by atoms with Crippen LogP contribution < -0.4 is 10.8 Å². The van der Waals surface area contributed by atoms with Gasteiger partial charge in [0.05, 0.1) is 23.9 Å². The van der Waals surface area contributed by atoms with Crippen molar-refractivity contribution >= 4 is 35.8 Å². The summed E-state index contributed by atoms with van der Waals surface area (Å²) in [4.78, 5) is 45.1. The van der Waals surface area contributed by atoms with Crippen molar-refractivity contribution in [1.29, 1.82) is 0 Å². The number of carbonyl (C=O) groups is 3. The third kappa shape index (κ3) is 5.33. The molecule has 5 atom stereocenters. The third-order valence-corrected chi connectivity index (χ3v) is 10.2. The zero-order valence-corrected chi connectivity index (χ0v) is 27.3. The Hall–Kier alpha value is -4.05. The molecule has 48 heavy (non-hydrogen) atoms. The average Bonchev–Trinajstić information content (AvgIpc) is 3.01. The molecular formula is C34H40BN3O10. The zero-order chi connectivity index (χ0) is 34.7. The van der Waals surface area contributed by atoms with E-state index in [0.717, 1.165) is 11.0 Å². The van der Waals surface area contributed by atoms with Crippen molar-refractivity contribution in [1.82, 2.24) is 15.1 Å². The van der Waals surface area contributed by atoms with Gasteiger partial charge in [-0.05, 0) is 51.5 Å². The second kappa shape index (κ2) is 12.4. The summed E-state index contributed by atoms with van der Waals surface area (Å²) in [5, 5.41) is 59.8. The van der Waals surface area contributed by atoms with Crippen LogP contribution in [0, 0.1) is 18.8 Å². The number of nitrogens with zero attached hydrogens (tertiary/aromatic N) is 2. The van der Waals surface area contributed by atoms with Gasteiger partial charge in [0, 0.05) is 43.7 Å². The normalized spacial score (nSPS) is 29.6. The van der Waals surface area contributed by atoms with Gasteiger partial charge in [0.2, 0.25) is 5.78 Å². The third-order valence-electron chi connectivity index (χ3n) is 10.2. The van der Waals surface area contributed by atoms with E-state index in [0.29, 0.717) is 13.1 Å². The molecule has 6 N–H and O–H groups in total. The van der Waals surface area contributed by atoms with Crippen LogP contribution in [0.4, 0.5) is 0 Å². The Balaban J connectivity index is 1.27. The maximum Gasteiger partial charge on any atom is 0.493 e. The fraction of sp³-hybridized carbons (Fsp3) is 0.441. The molecule has 0 bridgehead atoms. The van der Waals surface area contributed by atoms with Gasteiger partial charge < -0.3 is 40.2 Å². The Morgan fingerprint density at radius 2 is 1.69 bits per heavy atom. The lowest BCUT2D eigenvalue weighted by Gasteiger charge is -2.53. The quantitative estimate of drug-likeness (QED) is 0.190. The molecule has 13 nitrogen and oxygen atoms in total. The highest BCUT2D eigenvalue weighted by Crippen LogP contribution is 2.57. The number of benzene rings is 2. The van der Waals surface area contributed by atoms with Gasteiger partial charge in [0.15, 0.2) is 11.4 Å². The van der Waals surface area contributed by atoms with E-state index >= 15 is 0 Å². The monoisotopic (exact) mass is 661 g/mol. The highest BCUT2D eigenvalue weighted by atomic mass is 16.6. The molecule has 1 saturated carbocycles. The number of aliphatic hydroxyl groups is 4. The predicted molar refractivity (Wildman–Crippen MR) is 174 cm³/mol. The molecule has 2 fully saturated rings. The molecule has 254 valence electrons. The summed E-state index contributed by atoms with van der Waals surface area (Å²) in [5.41, 5.74) is -3.78. The van der Waals surface area contributed by atoms with Gasteiger partial charge in [0.25, 0.3) is 5.91 Å². The van der Waals surface area contributed by atoms with Crippen molar-refractivity contribution in [2.75, 3.05) is 47.1 Å². The molecular weight excluding hydrogens is 621 g/mol. The highest BCUT2D eigenvalue weighted by molar-refractivity contribution is 6.61. The van der Waals surface area contributed by atoms with E-state index in [9.17, 15) is 39.9 Å². The van der Waals surface area contributed by atoms with Crippen molar-refractivity contribution in [3.05, 3.63) is 76.1 Å². The van der Waals surface area contributed by atoms with Crippen LogP contribution in [-0.2, 0) is 29.3 Å². The van der Waals surface area contributed by atoms with Crippen LogP contribution in [0.3, 0.4) is 0 Å². The number of fused-ring (bicyclic) bond motifs is 3. The van der Waals surface area contributed by atoms with Crippen molar-refractivity contribution in [2.24, 2.45) is 11.8 Å². The van der Waals surface area contributed by atoms with Gasteiger partial charge in [-0.3, -0.25) is 24.2 Å². The molecule has 0 aromatic heterocycles. The molecule has 4 aliphatic rings. The van der Waals surface area contributed by atoms with E-state index in [1.54, 1.807) is 14.1 Å². The van der Waals surface area contributed by atoms with Crippen molar-refractivity contribution in [3.8, 4) is 5.75 Å². The van der Waals surface area contributed by atoms with Crippen LogP contribution in [0.1, 0.15) is 30.0 Å². The lowest BCUT2D eigenvalue weighted by molar-refractivity contribution is -0.159. The zero-order valence-electron chi connectivity index (χ0n) is 27.3. The van der Waals surface area contributed by atoms with Gasteiger partial charge >= 0.3 is 7.12 Å². The van der Waals surface area contributed by atoms with E-state index in [4.69, 9.17) is 9.31 Å². The van der Waals surface area contributed by atoms with Crippen LogP contribution in [0.15, 0.2) is 59.4 Å². The number of Topliss-reactive ketones (excluding diaryl/α,β-unsaturated/α-hetero) is 2. The second-order valence-electron chi connectivity index (χ2n) is 13.4. The van der Waals surface area contributed by atoms with Crippen LogP contribution in [-0.4, -0.2) is 119 Å². The Bertz CT molecular complexity index is 1710. The first-order valence-corrected chi connectivity index (χ1v) is 15.9. The molecule has 2 aromatic rings. The Kier molecular flexibility index (Phi) is 8.77. The molecule has 5 unspecified atom stereocenters. The van der Waals surface area contributed by atoms with Gasteiger partial charge in [-0.25, -0.2) is 0 Å². The minimum atomic E-state index is -2.79. The minimum absolute atomic E-state index is 0.0554. The Labute approximate surface area is 278 Å². The second-order valence-corrected chi connectivity index (χ2v) is 13.4. The first-order chi connectivity index (χ1) is 22.7. The lowest BCUT2D eigenvalue weighted by atomic mass is 9.54. The Morgan fingerprint density at radius 1 is 1.04 bits per heavy atom. The number of hydrogen-bond donors (Lipinski definition) is 6. The topological polar surface area (TPSA) is 189 Å². The van der Waals surface area contributed by atoms with Gasteiger partial charge in [-0.15, -0.1) is 0 Å². The number of aliphatic hydroxyl groups excluding tert-OH is 2. The molecule has 3 aliphatic carbocycles.